The van der Waals surface area contributed by atoms with Crippen LogP contribution in [0.25, 0.3) is 22.3 Å². The summed E-state index contributed by atoms with van der Waals surface area (Å²) in [5.41, 5.74) is 9.98. The van der Waals surface area contributed by atoms with Gasteiger partial charge in [0.2, 0.25) is 0 Å². The molecule has 0 aromatic heterocycles. The SMILES string of the molecule is Cc1c(Cl)c(C)c(-c2cccc(-c3c(C)c(Cl)c(C)c(Cl)c3C)c2[Se]Cl)c(C)c1Cl. The molecule has 3 aromatic rings. The monoisotopic (exact) mass is 564 g/mol. The zero-order valence-corrected chi connectivity index (χ0v) is 23.0. The summed E-state index contributed by atoms with van der Waals surface area (Å²) < 4.78 is 1.07. The van der Waals surface area contributed by atoms with E-state index < -0.39 is 0 Å². The van der Waals surface area contributed by atoms with Gasteiger partial charge in [-0.1, -0.05) is 0 Å². The van der Waals surface area contributed by atoms with Crippen molar-refractivity contribution in [1.29, 1.82) is 0 Å². The summed E-state index contributed by atoms with van der Waals surface area (Å²) in [7, 11) is 6.60. The summed E-state index contributed by atoms with van der Waals surface area (Å²) >= 11 is 26.2. The molecule has 3 aromatic carbocycles. The van der Waals surface area contributed by atoms with Crippen molar-refractivity contribution in [2.75, 3.05) is 0 Å². The molecule has 0 amide bonds. The normalized spacial score (nSPS) is 11.3. The molecule has 0 atom stereocenters. The van der Waals surface area contributed by atoms with Crippen LogP contribution in [0.15, 0.2) is 18.2 Å². The van der Waals surface area contributed by atoms with Gasteiger partial charge in [-0.3, -0.25) is 0 Å². The van der Waals surface area contributed by atoms with Gasteiger partial charge in [0.1, 0.15) is 0 Å². The second-order valence-corrected chi connectivity index (χ2v) is 11.0. The standard InChI is InChI=1S/C24H21Cl5Se/c1-10-18(11(2)21(26)14(5)20(10)25)16-8-7-9-17(24(16)30-29)19-12(3)22(27)15(6)23(28)13(19)4/h7-9H,1-6H3. The molecule has 0 radical (unpaired) electrons. The van der Waals surface area contributed by atoms with Gasteiger partial charge in [-0.05, 0) is 0 Å². The molecular weight excluding hydrogens is 544 g/mol. The Labute approximate surface area is 209 Å². The topological polar surface area (TPSA) is 0 Å². The van der Waals surface area contributed by atoms with Gasteiger partial charge < -0.3 is 0 Å². The summed E-state index contributed by atoms with van der Waals surface area (Å²) in [5, 5.41) is 2.75. The minimum atomic E-state index is -0.308. The molecule has 0 nitrogen and oxygen atoms in total. The van der Waals surface area contributed by atoms with Gasteiger partial charge in [0.05, 0.1) is 0 Å². The molecule has 3 rings (SSSR count). The van der Waals surface area contributed by atoms with Gasteiger partial charge in [-0.2, -0.15) is 0 Å². The van der Waals surface area contributed by atoms with Gasteiger partial charge >= 0.3 is 210 Å². The molecule has 0 saturated carbocycles. The van der Waals surface area contributed by atoms with E-state index in [4.69, 9.17) is 56.5 Å². The van der Waals surface area contributed by atoms with Crippen molar-refractivity contribution in [3.05, 3.63) is 71.7 Å². The van der Waals surface area contributed by atoms with Crippen LogP contribution in [0.5, 0.6) is 0 Å². The Hall–Kier alpha value is -0.371. The fourth-order valence-electron chi connectivity index (χ4n) is 4.14. The van der Waals surface area contributed by atoms with Gasteiger partial charge in [-0.15, -0.1) is 0 Å². The molecule has 0 saturated heterocycles. The van der Waals surface area contributed by atoms with Crippen molar-refractivity contribution >= 4 is 75.0 Å². The van der Waals surface area contributed by atoms with Crippen molar-refractivity contribution < 1.29 is 0 Å². The first-order valence-electron chi connectivity index (χ1n) is 9.36. The number of rotatable bonds is 3. The Balaban J connectivity index is 2.44. The number of hydrogen-bond donors (Lipinski definition) is 0. The van der Waals surface area contributed by atoms with Crippen molar-refractivity contribution in [2.24, 2.45) is 0 Å². The molecule has 0 bridgehead atoms. The second kappa shape index (κ2) is 9.24. The van der Waals surface area contributed by atoms with Crippen LogP contribution in [-0.2, 0) is 0 Å². The molecule has 30 heavy (non-hydrogen) atoms. The van der Waals surface area contributed by atoms with Gasteiger partial charge in [0.25, 0.3) is 0 Å². The fraction of sp³-hybridized carbons (Fsp3) is 0.250. The van der Waals surface area contributed by atoms with Crippen molar-refractivity contribution in [3.63, 3.8) is 0 Å². The molecule has 0 aliphatic rings. The maximum absolute atomic E-state index is 6.62. The van der Waals surface area contributed by atoms with E-state index in [1.165, 1.54) is 0 Å². The van der Waals surface area contributed by atoms with E-state index in [0.29, 0.717) is 20.1 Å². The molecule has 158 valence electrons. The van der Waals surface area contributed by atoms with Crippen LogP contribution in [0.3, 0.4) is 0 Å². The van der Waals surface area contributed by atoms with E-state index >= 15 is 0 Å². The molecule has 0 N–H and O–H groups in total. The van der Waals surface area contributed by atoms with Crippen LogP contribution in [-0.4, -0.2) is 14.0 Å². The van der Waals surface area contributed by atoms with Gasteiger partial charge in [0, 0.05) is 0 Å². The van der Waals surface area contributed by atoms with Crippen LogP contribution in [0.2, 0.25) is 20.1 Å². The van der Waals surface area contributed by atoms with Crippen LogP contribution in [0.4, 0.5) is 0 Å². The van der Waals surface area contributed by atoms with Gasteiger partial charge in [0.15, 0.2) is 0 Å². The number of halogens is 5. The first-order valence-corrected chi connectivity index (χ1v) is 14.0. The first kappa shape index (κ1) is 24.3. The third kappa shape index (κ3) is 3.82. The number of hydrogen-bond acceptors (Lipinski definition) is 0. The van der Waals surface area contributed by atoms with E-state index in [1.807, 2.05) is 47.6 Å². The molecule has 0 heterocycles. The van der Waals surface area contributed by atoms with Crippen LogP contribution in [0.1, 0.15) is 33.4 Å². The Morgan fingerprint density at radius 1 is 0.533 bits per heavy atom. The Kier molecular flexibility index (Phi) is 7.48. The van der Waals surface area contributed by atoms with Crippen molar-refractivity contribution in [1.82, 2.24) is 0 Å². The number of benzene rings is 3. The molecule has 0 aliphatic heterocycles. The summed E-state index contributed by atoms with van der Waals surface area (Å²) in [6.45, 7) is 12.0. The summed E-state index contributed by atoms with van der Waals surface area (Å²) in [5.74, 6) is 0. The Bertz CT molecular complexity index is 1040. The third-order valence-electron chi connectivity index (χ3n) is 5.76. The average molecular weight is 566 g/mol. The first-order chi connectivity index (χ1) is 14.0. The van der Waals surface area contributed by atoms with E-state index in [1.54, 1.807) is 0 Å². The zero-order chi connectivity index (χ0) is 22.5. The van der Waals surface area contributed by atoms with Crippen molar-refractivity contribution in [3.8, 4) is 22.3 Å². The molecular formula is C24H21Cl5Se. The average Bonchev–Trinajstić information content (AvgIpc) is 2.74. The predicted octanol–water partition coefficient (Wildman–Crippen LogP) is 8.97. The molecule has 0 spiro atoms. The van der Waals surface area contributed by atoms with Crippen molar-refractivity contribution in [2.45, 2.75) is 41.5 Å². The van der Waals surface area contributed by atoms with E-state index in [9.17, 15) is 0 Å². The minimum absolute atomic E-state index is 0.308. The predicted molar refractivity (Wildman–Crippen MR) is 137 cm³/mol. The van der Waals surface area contributed by atoms with Crippen LogP contribution >= 0.6 is 56.5 Å². The van der Waals surface area contributed by atoms with E-state index in [-0.39, 0.29) is 14.0 Å². The molecule has 0 fully saturated rings. The summed E-state index contributed by atoms with van der Waals surface area (Å²) in [6.07, 6.45) is 0. The Morgan fingerprint density at radius 2 is 0.833 bits per heavy atom. The fourth-order valence-corrected chi connectivity index (χ4v) is 6.92. The van der Waals surface area contributed by atoms with Crippen LogP contribution < -0.4 is 4.46 Å². The third-order valence-corrected chi connectivity index (χ3v) is 10.1. The summed E-state index contributed by atoms with van der Waals surface area (Å²) in [6, 6.07) is 6.21. The van der Waals surface area contributed by atoms with E-state index in [2.05, 4.69) is 12.1 Å². The summed E-state index contributed by atoms with van der Waals surface area (Å²) in [4.78, 5) is 0. The molecule has 0 unspecified atom stereocenters. The molecule has 0 aliphatic carbocycles. The van der Waals surface area contributed by atoms with Gasteiger partial charge in [-0.25, -0.2) is 0 Å². The van der Waals surface area contributed by atoms with Crippen LogP contribution in [0, 0.1) is 41.5 Å². The molecule has 6 heteroatoms. The maximum atomic E-state index is 6.62. The Morgan fingerprint density at radius 3 is 1.10 bits per heavy atom. The van der Waals surface area contributed by atoms with E-state index in [0.717, 1.165) is 60.1 Å². The second-order valence-electron chi connectivity index (χ2n) is 7.52. The quantitative estimate of drug-likeness (QED) is 0.278. The zero-order valence-electron chi connectivity index (χ0n) is 17.5.